The van der Waals surface area contributed by atoms with Crippen LogP contribution in [0.25, 0.3) is 10.2 Å². The third-order valence-electron chi connectivity index (χ3n) is 4.44. The number of sulfonamides is 1. The zero-order chi connectivity index (χ0) is 19.7. The summed E-state index contributed by atoms with van der Waals surface area (Å²) in [6.45, 7) is 2.22. The van der Waals surface area contributed by atoms with Gasteiger partial charge >= 0.3 is 0 Å². The van der Waals surface area contributed by atoms with Crippen molar-refractivity contribution >= 4 is 42.6 Å². The number of hydrogen-bond acceptors (Lipinski definition) is 5. The van der Waals surface area contributed by atoms with Gasteiger partial charge in [0, 0.05) is 6.42 Å². The van der Waals surface area contributed by atoms with Gasteiger partial charge in [0.2, 0.25) is 15.9 Å². The maximum Gasteiger partial charge on any atom is 0.240 e. The highest BCUT2D eigenvalue weighted by atomic mass is 32.2. The average Bonchev–Trinajstić information content (AvgIpc) is 3.05. The number of carbonyl (C=O) groups excluding carboxylic acids is 1. The number of rotatable bonds is 12. The van der Waals surface area contributed by atoms with Crippen LogP contribution in [-0.4, -0.2) is 26.4 Å². The number of nitrogens with zero attached hydrogens (tertiary/aromatic N) is 1. The maximum absolute atomic E-state index is 12.1. The van der Waals surface area contributed by atoms with Crippen molar-refractivity contribution in [2.45, 2.75) is 69.6 Å². The van der Waals surface area contributed by atoms with E-state index in [1.165, 1.54) is 63.0 Å². The quantitative estimate of drug-likeness (QED) is 0.497. The first-order valence-corrected chi connectivity index (χ1v) is 11.9. The molecule has 0 bridgehead atoms. The summed E-state index contributed by atoms with van der Waals surface area (Å²) in [6, 6.07) is 4.75. The normalized spacial score (nSPS) is 11.8. The van der Waals surface area contributed by atoms with Gasteiger partial charge in [0.1, 0.15) is 0 Å². The molecule has 2 rings (SSSR count). The Bertz CT molecular complexity index is 847. The van der Waals surface area contributed by atoms with Crippen LogP contribution in [0.1, 0.15) is 64.7 Å². The lowest BCUT2D eigenvalue weighted by molar-refractivity contribution is -0.116. The van der Waals surface area contributed by atoms with Crippen molar-refractivity contribution in [3.63, 3.8) is 0 Å². The summed E-state index contributed by atoms with van der Waals surface area (Å²) < 4.78 is 26.8. The monoisotopic (exact) mass is 411 g/mol. The van der Waals surface area contributed by atoms with Gasteiger partial charge in [0.25, 0.3) is 0 Å². The molecule has 2 N–H and O–H groups in total. The second-order valence-corrected chi connectivity index (χ2v) is 9.55. The Morgan fingerprint density at radius 2 is 1.74 bits per heavy atom. The number of anilines is 1. The molecule has 6 nitrogen and oxygen atoms in total. The van der Waals surface area contributed by atoms with E-state index in [4.69, 9.17) is 0 Å². The van der Waals surface area contributed by atoms with Gasteiger partial charge in [-0.3, -0.25) is 4.79 Å². The number of thiazole rings is 1. The largest absolute Gasteiger partial charge is 0.302 e. The lowest BCUT2D eigenvalue weighted by Crippen LogP contribution is -2.18. The zero-order valence-corrected chi connectivity index (χ0v) is 17.7. The van der Waals surface area contributed by atoms with Crippen LogP contribution >= 0.6 is 11.3 Å². The highest BCUT2D eigenvalue weighted by Gasteiger charge is 2.14. The van der Waals surface area contributed by atoms with Gasteiger partial charge in [0.05, 0.1) is 15.1 Å². The van der Waals surface area contributed by atoms with Crippen molar-refractivity contribution < 1.29 is 13.2 Å². The first-order valence-electron chi connectivity index (χ1n) is 9.60. The van der Waals surface area contributed by atoms with E-state index in [0.29, 0.717) is 17.1 Å². The third-order valence-corrected chi connectivity index (χ3v) is 6.79. The van der Waals surface area contributed by atoms with E-state index in [-0.39, 0.29) is 10.8 Å². The van der Waals surface area contributed by atoms with Crippen LogP contribution in [0.2, 0.25) is 0 Å². The molecule has 1 aromatic heterocycles. The van der Waals surface area contributed by atoms with Crippen molar-refractivity contribution in [2.24, 2.45) is 0 Å². The van der Waals surface area contributed by atoms with E-state index < -0.39 is 10.0 Å². The lowest BCUT2D eigenvalue weighted by Gasteiger charge is -2.02. The molecule has 150 valence electrons. The number of benzene rings is 1. The second kappa shape index (κ2) is 10.7. The van der Waals surface area contributed by atoms with Crippen LogP contribution in [-0.2, 0) is 14.8 Å². The van der Waals surface area contributed by atoms with Crippen LogP contribution in [0.3, 0.4) is 0 Å². The molecular formula is C19H29N3O3S2. The van der Waals surface area contributed by atoms with Gasteiger partial charge in [-0.05, 0) is 31.7 Å². The smallest absolute Gasteiger partial charge is 0.240 e. The standard InChI is InChI=1S/C19H29N3O3S2/c1-3-4-5-6-7-8-9-10-11-18(23)22-19-21-16-13-12-15(14-17(16)26-19)27(24,25)20-2/h12-14,20H,3-11H2,1-2H3,(H,21,22,23). The Balaban J connectivity index is 1.79. The molecule has 0 saturated heterocycles. The molecule has 1 heterocycles. The number of amides is 1. The minimum Gasteiger partial charge on any atom is -0.302 e. The molecule has 2 aromatic rings. The number of hydrogen-bond donors (Lipinski definition) is 2. The first-order chi connectivity index (χ1) is 13.0. The van der Waals surface area contributed by atoms with E-state index in [2.05, 4.69) is 21.9 Å². The molecule has 0 aliphatic heterocycles. The molecule has 0 spiro atoms. The molecule has 0 unspecified atom stereocenters. The van der Waals surface area contributed by atoms with Crippen molar-refractivity contribution in [1.82, 2.24) is 9.71 Å². The predicted molar refractivity (Wildman–Crippen MR) is 112 cm³/mol. The Morgan fingerprint density at radius 3 is 2.41 bits per heavy atom. The zero-order valence-electron chi connectivity index (χ0n) is 16.1. The van der Waals surface area contributed by atoms with Crippen molar-refractivity contribution in [2.75, 3.05) is 12.4 Å². The average molecular weight is 412 g/mol. The Hall–Kier alpha value is -1.51. The molecule has 0 radical (unpaired) electrons. The molecule has 1 amide bonds. The topological polar surface area (TPSA) is 88.2 Å². The summed E-state index contributed by atoms with van der Waals surface area (Å²) in [4.78, 5) is 16.6. The van der Waals surface area contributed by atoms with Crippen LogP contribution in [0.4, 0.5) is 5.13 Å². The molecule has 0 aliphatic carbocycles. The fraction of sp³-hybridized carbons (Fsp3) is 0.579. The SMILES string of the molecule is CCCCCCCCCCC(=O)Nc1nc2ccc(S(=O)(=O)NC)cc2s1. The molecular weight excluding hydrogens is 382 g/mol. The second-order valence-electron chi connectivity index (χ2n) is 6.63. The highest BCUT2D eigenvalue weighted by molar-refractivity contribution is 7.89. The van der Waals surface area contributed by atoms with Crippen LogP contribution in [0.5, 0.6) is 0 Å². The number of carbonyl (C=O) groups is 1. The summed E-state index contributed by atoms with van der Waals surface area (Å²) in [5.41, 5.74) is 0.678. The fourth-order valence-electron chi connectivity index (χ4n) is 2.84. The molecule has 0 atom stereocenters. The molecule has 0 fully saturated rings. The Labute approximate surface area is 165 Å². The van der Waals surface area contributed by atoms with Crippen LogP contribution in [0.15, 0.2) is 23.1 Å². The summed E-state index contributed by atoms with van der Waals surface area (Å²) in [5, 5.41) is 3.33. The third kappa shape index (κ3) is 6.86. The van der Waals surface area contributed by atoms with Gasteiger partial charge in [-0.2, -0.15) is 0 Å². The summed E-state index contributed by atoms with van der Waals surface area (Å²) in [6.07, 6.45) is 10.1. The Morgan fingerprint density at radius 1 is 1.07 bits per heavy atom. The van der Waals surface area contributed by atoms with Gasteiger partial charge in [-0.25, -0.2) is 18.1 Å². The minimum atomic E-state index is -3.49. The van der Waals surface area contributed by atoms with E-state index in [1.54, 1.807) is 12.1 Å². The Kier molecular flexibility index (Phi) is 8.66. The van der Waals surface area contributed by atoms with Gasteiger partial charge < -0.3 is 5.32 Å². The molecule has 1 aromatic carbocycles. The van der Waals surface area contributed by atoms with E-state index in [1.807, 2.05) is 0 Å². The van der Waals surface area contributed by atoms with Gasteiger partial charge in [0.15, 0.2) is 5.13 Å². The summed E-state index contributed by atoms with van der Waals surface area (Å²) in [7, 11) is -2.11. The highest BCUT2D eigenvalue weighted by Crippen LogP contribution is 2.28. The summed E-state index contributed by atoms with van der Waals surface area (Å²) >= 11 is 1.29. The molecule has 27 heavy (non-hydrogen) atoms. The van der Waals surface area contributed by atoms with Crippen molar-refractivity contribution in [3.05, 3.63) is 18.2 Å². The van der Waals surface area contributed by atoms with E-state index in [9.17, 15) is 13.2 Å². The van der Waals surface area contributed by atoms with Crippen molar-refractivity contribution in [3.8, 4) is 0 Å². The first kappa shape index (κ1) is 21.8. The van der Waals surface area contributed by atoms with Gasteiger partial charge in [-0.1, -0.05) is 63.2 Å². The van der Waals surface area contributed by atoms with Gasteiger partial charge in [-0.15, -0.1) is 0 Å². The number of unbranched alkanes of at least 4 members (excludes halogenated alkanes) is 7. The maximum atomic E-state index is 12.1. The molecule has 0 aliphatic rings. The van der Waals surface area contributed by atoms with E-state index in [0.717, 1.165) is 17.5 Å². The fourth-order valence-corrected chi connectivity index (χ4v) is 4.60. The molecule has 8 heteroatoms. The summed E-state index contributed by atoms with van der Waals surface area (Å²) in [5.74, 6) is -0.0388. The predicted octanol–water partition coefficient (Wildman–Crippen LogP) is 4.67. The minimum absolute atomic E-state index is 0.0388. The van der Waals surface area contributed by atoms with Crippen LogP contribution in [0, 0.1) is 0 Å². The number of nitrogens with one attached hydrogen (secondary N) is 2. The van der Waals surface area contributed by atoms with Crippen molar-refractivity contribution in [1.29, 1.82) is 0 Å². The number of aromatic nitrogens is 1. The lowest BCUT2D eigenvalue weighted by atomic mass is 10.1. The van der Waals surface area contributed by atoms with E-state index >= 15 is 0 Å². The number of fused-ring (bicyclic) bond motifs is 1. The van der Waals surface area contributed by atoms with Crippen LogP contribution < -0.4 is 10.0 Å². The molecule has 0 saturated carbocycles.